The van der Waals surface area contributed by atoms with E-state index in [1.807, 2.05) is 75.4 Å². The van der Waals surface area contributed by atoms with E-state index in [4.69, 9.17) is 23.2 Å². The van der Waals surface area contributed by atoms with Crippen LogP contribution in [0.15, 0.2) is 106 Å². The molecule has 0 aliphatic heterocycles. The molecule has 0 radical (unpaired) electrons. The number of nitrogens with one attached hydrogen (secondary N) is 1. The fourth-order valence-corrected chi connectivity index (χ4v) is 7.14. The van der Waals surface area contributed by atoms with Gasteiger partial charge in [-0.2, -0.15) is 0 Å². The minimum absolute atomic E-state index is 0.0176. The lowest BCUT2D eigenvalue weighted by molar-refractivity contribution is -0.140. The number of hydrogen-bond donors (Lipinski definition) is 1. The zero-order chi connectivity index (χ0) is 33.4. The van der Waals surface area contributed by atoms with Crippen molar-refractivity contribution >= 4 is 66.7 Å². The zero-order valence-electron chi connectivity index (χ0n) is 25.8. The van der Waals surface area contributed by atoms with Crippen molar-refractivity contribution in [2.75, 3.05) is 17.4 Å². The van der Waals surface area contributed by atoms with Crippen molar-refractivity contribution in [2.24, 2.45) is 5.92 Å². The van der Waals surface area contributed by atoms with E-state index in [2.05, 4.69) is 21.2 Å². The van der Waals surface area contributed by atoms with Gasteiger partial charge in [-0.15, -0.1) is 0 Å². The summed E-state index contributed by atoms with van der Waals surface area (Å²) in [6.07, 6.45) is 0.215. The van der Waals surface area contributed by atoms with Crippen molar-refractivity contribution in [3.8, 4) is 0 Å². The summed E-state index contributed by atoms with van der Waals surface area (Å²) in [5, 5.41) is 3.33. The van der Waals surface area contributed by atoms with Gasteiger partial charge in [-0.05, 0) is 66.4 Å². The molecule has 0 spiro atoms. The van der Waals surface area contributed by atoms with Crippen LogP contribution in [0.3, 0.4) is 0 Å². The second-order valence-electron chi connectivity index (χ2n) is 11.4. The zero-order valence-corrected chi connectivity index (χ0v) is 29.7. The number of amides is 2. The molecule has 0 saturated heterocycles. The van der Waals surface area contributed by atoms with Crippen molar-refractivity contribution in [3.05, 3.63) is 128 Å². The molecule has 0 aromatic heterocycles. The standard InChI is InChI=1S/C35H36BrCl2N3O4S/c1-24(2)21-39-35(43)33(19-26-8-5-4-6-9-26)40(22-27-10-7-11-28(36)18-27)34(42)23-41(32-20-29(37)14-17-31(32)38)46(44,45)30-15-12-25(3)13-16-30/h4-18,20,24,33H,19,21-23H2,1-3H3,(H,39,43)/t33-/m1/s1. The summed E-state index contributed by atoms with van der Waals surface area (Å²) >= 11 is 16.4. The number of hydrogen-bond acceptors (Lipinski definition) is 4. The molecule has 1 atom stereocenters. The number of anilines is 1. The van der Waals surface area contributed by atoms with E-state index in [0.29, 0.717) is 6.54 Å². The Morgan fingerprint density at radius 3 is 2.20 bits per heavy atom. The molecule has 7 nitrogen and oxygen atoms in total. The van der Waals surface area contributed by atoms with Gasteiger partial charge in [-0.1, -0.05) is 113 Å². The summed E-state index contributed by atoms with van der Waals surface area (Å²) in [7, 11) is -4.31. The van der Waals surface area contributed by atoms with E-state index in [1.165, 1.54) is 29.2 Å². The maximum atomic E-state index is 14.6. The molecule has 11 heteroatoms. The number of benzene rings is 4. The smallest absolute Gasteiger partial charge is 0.264 e. The maximum Gasteiger partial charge on any atom is 0.264 e. The Balaban J connectivity index is 1.83. The summed E-state index contributed by atoms with van der Waals surface area (Å²) in [5.41, 5.74) is 2.53. The molecule has 0 fully saturated rings. The highest BCUT2D eigenvalue weighted by atomic mass is 79.9. The number of halogens is 3. The molecular weight excluding hydrogens is 709 g/mol. The highest BCUT2D eigenvalue weighted by Crippen LogP contribution is 2.33. The summed E-state index contributed by atoms with van der Waals surface area (Å²) in [6.45, 7) is 5.65. The summed E-state index contributed by atoms with van der Waals surface area (Å²) in [6, 6.07) is 26.6. The lowest BCUT2D eigenvalue weighted by atomic mass is 10.0. The topological polar surface area (TPSA) is 86.8 Å². The molecular formula is C35H36BrCl2N3O4S. The van der Waals surface area contributed by atoms with Gasteiger partial charge in [-0.3, -0.25) is 13.9 Å². The molecule has 46 heavy (non-hydrogen) atoms. The van der Waals surface area contributed by atoms with Crippen LogP contribution in [-0.4, -0.2) is 44.3 Å². The highest BCUT2D eigenvalue weighted by Gasteiger charge is 2.35. The summed E-state index contributed by atoms with van der Waals surface area (Å²) in [4.78, 5) is 29.9. The molecule has 242 valence electrons. The van der Waals surface area contributed by atoms with E-state index < -0.39 is 28.5 Å². The SMILES string of the molecule is Cc1ccc(S(=O)(=O)N(CC(=O)N(Cc2cccc(Br)c2)[C@H](Cc2ccccc2)C(=O)NCC(C)C)c2cc(Cl)ccc2Cl)cc1. The van der Waals surface area contributed by atoms with Gasteiger partial charge in [0.2, 0.25) is 11.8 Å². The van der Waals surface area contributed by atoms with Gasteiger partial charge in [0.15, 0.2) is 0 Å². The number of sulfonamides is 1. The molecule has 4 aromatic carbocycles. The van der Waals surface area contributed by atoms with E-state index in [9.17, 15) is 18.0 Å². The van der Waals surface area contributed by atoms with E-state index in [1.54, 1.807) is 18.2 Å². The Kier molecular flexibility index (Phi) is 12.3. The Morgan fingerprint density at radius 1 is 0.870 bits per heavy atom. The number of aryl methyl sites for hydroxylation is 1. The van der Waals surface area contributed by atoms with Crippen molar-refractivity contribution in [2.45, 2.75) is 44.7 Å². The average molecular weight is 746 g/mol. The van der Waals surface area contributed by atoms with Crippen LogP contribution in [-0.2, 0) is 32.6 Å². The van der Waals surface area contributed by atoms with Crippen LogP contribution in [0, 0.1) is 12.8 Å². The Labute approximate surface area is 289 Å². The number of nitrogens with zero attached hydrogens (tertiary/aromatic N) is 2. The lowest BCUT2D eigenvalue weighted by Gasteiger charge is -2.34. The molecule has 0 unspecified atom stereocenters. The molecule has 0 saturated carbocycles. The first-order valence-corrected chi connectivity index (χ1v) is 17.7. The molecule has 0 aliphatic carbocycles. The third-order valence-electron chi connectivity index (χ3n) is 7.26. The van der Waals surface area contributed by atoms with Gasteiger partial charge < -0.3 is 10.2 Å². The van der Waals surface area contributed by atoms with Crippen LogP contribution in [0.5, 0.6) is 0 Å². The fourth-order valence-electron chi connectivity index (χ4n) is 4.84. The van der Waals surface area contributed by atoms with Crippen LogP contribution in [0.2, 0.25) is 10.0 Å². The third-order valence-corrected chi connectivity index (χ3v) is 10.1. The average Bonchev–Trinajstić information content (AvgIpc) is 3.02. The minimum Gasteiger partial charge on any atom is -0.354 e. The predicted molar refractivity (Wildman–Crippen MR) is 189 cm³/mol. The molecule has 1 N–H and O–H groups in total. The molecule has 0 heterocycles. The van der Waals surface area contributed by atoms with Crippen molar-refractivity contribution in [3.63, 3.8) is 0 Å². The highest BCUT2D eigenvalue weighted by molar-refractivity contribution is 9.10. The number of carbonyl (C=O) groups excluding carboxylic acids is 2. The first-order valence-electron chi connectivity index (χ1n) is 14.7. The summed E-state index contributed by atoms with van der Waals surface area (Å²) in [5.74, 6) is -0.752. The lowest BCUT2D eigenvalue weighted by Crippen LogP contribution is -2.53. The van der Waals surface area contributed by atoms with Crippen LogP contribution < -0.4 is 9.62 Å². The van der Waals surface area contributed by atoms with Gasteiger partial charge >= 0.3 is 0 Å². The van der Waals surface area contributed by atoms with Crippen molar-refractivity contribution in [1.82, 2.24) is 10.2 Å². The van der Waals surface area contributed by atoms with Crippen molar-refractivity contribution in [1.29, 1.82) is 0 Å². The molecule has 0 aliphatic rings. The normalized spacial score (nSPS) is 12.1. The molecule has 2 amide bonds. The minimum atomic E-state index is -4.31. The monoisotopic (exact) mass is 743 g/mol. The van der Waals surface area contributed by atoms with Gasteiger partial charge in [-0.25, -0.2) is 8.42 Å². The number of carbonyl (C=O) groups is 2. The van der Waals surface area contributed by atoms with Gasteiger partial charge in [0, 0.05) is 29.0 Å². The van der Waals surface area contributed by atoms with E-state index in [-0.39, 0.29) is 45.4 Å². The molecule has 4 rings (SSSR count). The first kappa shape index (κ1) is 35.5. The van der Waals surface area contributed by atoms with Crippen LogP contribution in [0.25, 0.3) is 0 Å². The predicted octanol–water partition coefficient (Wildman–Crippen LogP) is 7.67. The molecule has 4 aromatic rings. The van der Waals surface area contributed by atoms with Crippen molar-refractivity contribution < 1.29 is 18.0 Å². The Hall–Kier alpha value is -3.37. The van der Waals surface area contributed by atoms with Crippen LogP contribution >= 0.6 is 39.1 Å². The summed E-state index contributed by atoms with van der Waals surface area (Å²) < 4.78 is 30.2. The van der Waals surface area contributed by atoms with Crippen LogP contribution in [0.4, 0.5) is 5.69 Å². The maximum absolute atomic E-state index is 14.6. The van der Waals surface area contributed by atoms with Gasteiger partial charge in [0.25, 0.3) is 10.0 Å². The largest absolute Gasteiger partial charge is 0.354 e. The Morgan fingerprint density at radius 2 is 1.54 bits per heavy atom. The quantitative estimate of drug-likeness (QED) is 0.152. The second-order valence-corrected chi connectivity index (χ2v) is 15.0. The van der Waals surface area contributed by atoms with Crippen LogP contribution in [0.1, 0.15) is 30.5 Å². The second kappa shape index (κ2) is 16.0. The molecule has 0 bridgehead atoms. The van der Waals surface area contributed by atoms with Gasteiger partial charge in [0.05, 0.1) is 15.6 Å². The first-order chi connectivity index (χ1) is 21.8. The fraction of sp³-hybridized carbons (Fsp3) is 0.257. The number of rotatable bonds is 13. The Bertz CT molecular complexity index is 1770. The van der Waals surface area contributed by atoms with Gasteiger partial charge in [0.1, 0.15) is 12.6 Å². The third kappa shape index (κ3) is 9.35. The van der Waals surface area contributed by atoms with E-state index in [0.717, 1.165) is 25.5 Å². The van der Waals surface area contributed by atoms with E-state index >= 15 is 0 Å².